The van der Waals surface area contributed by atoms with Crippen LogP contribution in [0.5, 0.6) is 0 Å². The second-order valence-electron chi connectivity index (χ2n) is 6.34. The highest BCUT2D eigenvalue weighted by Crippen LogP contribution is 2.38. The molecule has 2 saturated carbocycles. The van der Waals surface area contributed by atoms with Gasteiger partial charge in [0.15, 0.2) is 0 Å². The van der Waals surface area contributed by atoms with Crippen LogP contribution in [0.25, 0.3) is 0 Å². The molecule has 2 rings (SSSR count). The monoisotopic (exact) mass is 238 g/mol. The van der Waals surface area contributed by atoms with Crippen LogP contribution in [0.2, 0.25) is 0 Å². The second-order valence-corrected chi connectivity index (χ2v) is 6.34. The van der Waals surface area contributed by atoms with E-state index in [-0.39, 0.29) is 0 Å². The Bertz CT molecular complexity index is 227. The summed E-state index contributed by atoms with van der Waals surface area (Å²) in [5.74, 6) is 1.04. The van der Waals surface area contributed by atoms with Crippen molar-refractivity contribution in [2.45, 2.75) is 58.4 Å². The summed E-state index contributed by atoms with van der Waals surface area (Å²) in [6.45, 7) is 8.61. The first-order valence-electron chi connectivity index (χ1n) is 7.61. The molecule has 2 nitrogen and oxygen atoms in total. The maximum absolute atomic E-state index is 3.42. The molecule has 0 heterocycles. The maximum Gasteiger partial charge on any atom is 0.00967 e. The fraction of sp³-hybridized carbons (Fsp3) is 1.00. The van der Waals surface area contributed by atoms with Gasteiger partial charge in [0.1, 0.15) is 0 Å². The Labute approximate surface area is 107 Å². The van der Waals surface area contributed by atoms with Crippen LogP contribution in [0.3, 0.4) is 0 Å². The molecule has 0 bridgehead atoms. The molecule has 0 saturated heterocycles. The Kier molecular flexibility index (Phi) is 4.48. The SMILES string of the molecule is CCC(CC)(CNC)CN(CC1CC1)C1CC1. The summed E-state index contributed by atoms with van der Waals surface area (Å²) in [5.41, 5.74) is 0.506. The van der Waals surface area contributed by atoms with Crippen LogP contribution in [-0.4, -0.2) is 37.6 Å². The maximum atomic E-state index is 3.42. The summed E-state index contributed by atoms with van der Waals surface area (Å²) in [6.07, 6.45) is 8.49. The normalized spacial score (nSPS) is 21.2. The molecule has 17 heavy (non-hydrogen) atoms. The predicted molar refractivity (Wildman–Crippen MR) is 74.3 cm³/mol. The van der Waals surface area contributed by atoms with Crippen LogP contribution in [-0.2, 0) is 0 Å². The van der Waals surface area contributed by atoms with Crippen LogP contribution in [0.15, 0.2) is 0 Å². The van der Waals surface area contributed by atoms with E-state index in [0.29, 0.717) is 5.41 Å². The van der Waals surface area contributed by atoms with E-state index < -0.39 is 0 Å². The summed E-state index contributed by atoms with van der Waals surface area (Å²) in [5, 5.41) is 3.42. The lowest BCUT2D eigenvalue weighted by Gasteiger charge is -2.37. The molecule has 0 atom stereocenters. The standard InChI is InChI=1S/C15H30N2/c1-4-15(5-2,11-16-3)12-17(14-8-9-14)10-13-6-7-13/h13-14,16H,4-12H2,1-3H3. The molecular formula is C15H30N2. The van der Waals surface area contributed by atoms with Crippen molar-refractivity contribution >= 4 is 0 Å². The highest BCUT2D eigenvalue weighted by Gasteiger charge is 2.38. The summed E-state index contributed by atoms with van der Waals surface area (Å²) in [7, 11) is 2.10. The van der Waals surface area contributed by atoms with E-state index in [9.17, 15) is 0 Å². The third-order valence-corrected chi connectivity index (χ3v) is 4.84. The first kappa shape index (κ1) is 13.4. The topological polar surface area (TPSA) is 15.3 Å². The van der Waals surface area contributed by atoms with Gasteiger partial charge in [0.25, 0.3) is 0 Å². The quantitative estimate of drug-likeness (QED) is 0.664. The zero-order chi connectivity index (χ0) is 12.3. The van der Waals surface area contributed by atoms with Crippen LogP contribution < -0.4 is 5.32 Å². The molecular weight excluding hydrogens is 208 g/mol. The molecule has 2 aliphatic rings. The van der Waals surface area contributed by atoms with Gasteiger partial charge in [0.05, 0.1) is 0 Å². The Morgan fingerprint density at radius 1 is 1.12 bits per heavy atom. The van der Waals surface area contributed by atoms with E-state index in [1.165, 1.54) is 58.2 Å². The fourth-order valence-electron chi connectivity index (χ4n) is 3.00. The van der Waals surface area contributed by atoms with E-state index in [1.54, 1.807) is 0 Å². The number of hydrogen-bond acceptors (Lipinski definition) is 2. The minimum Gasteiger partial charge on any atom is -0.319 e. The van der Waals surface area contributed by atoms with E-state index >= 15 is 0 Å². The van der Waals surface area contributed by atoms with Gasteiger partial charge in [-0.05, 0) is 56.9 Å². The van der Waals surface area contributed by atoms with Crippen molar-refractivity contribution in [3.8, 4) is 0 Å². The zero-order valence-corrected chi connectivity index (χ0v) is 12.0. The van der Waals surface area contributed by atoms with Crippen molar-refractivity contribution in [3.05, 3.63) is 0 Å². The van der Waals surface area contributed by atoms with E-state index in [0.717, 1.165) is 12.0 Å². The summed E-state index contributed by atoms with van der Waals surface area (Å²) < 4.78 is 0. The third-order valence-electron chi connectivity index (χ3n) is 4.84. The van der Waals surface area contributed by atoms with Gasteiger partial charge in [-0.2, -0.15) is 0 Å². The van der Waals surface area contributed by atoms with Gasteiger partial charge in [-0.1, -0.05) is 13.8 Å². The number of nitrogens with one attached hydrogen (secondary N) is 1. The minimum atomic E-state index is 0.506. The molecule has 0 spiro atoms. The van der Waals surface area contributed by atoms with Gasteiger partial charge in [-0.15, -0.1) is 0 Å². The van der Waals surface area contributed by atoms with Crippen molar-refractivity contribution < 1.29 is 0 Å². The van der Waals surface area contributed by atoms with Crippen molar-refractivity contribution in [2.75, 3.05) is 26.7 Å². The van der Waals surface area contributed by atoms with Gasteiger partial charge >= 0.3 is 0 Å². The molecule has 0 aromatic rings. The van der Waals surface area contributed by atoms with E-state index in [1.807, 2.05) is 0 Å². The molecule has 1 N–H and O–H groups in total. The van der Waals surface area contributed by atoms with Gasteiger partial charge in [0.2, 0.25) is 0 Å². The predicted octanol–water partition coefficient (Wildman–Crippen LogP) is 2.89. The largest absolute Gasteiger partial charge is 0.319 e. The molecule has 2 heteroatoms. The Morgan fingerprint density at radius 2 is 1.76 bits per heavy atom. The Hall–Kier alpha value is -0.0800. The molecule has 0 aliphatic heterocycles. The lowest BCUT2D eigenvalue weighted by molar-refractivity contribution is 0.126. The van der Waals surface area contributed by atoms with Crippen LogP contribution >= 0.6 is 0 Å². The van der Waals surface area contributed by atoms with Crippen LogP contribution in [0, 0.1) is 11.3 Å². The fourth-order valence-corrected chi connectivity index (χ4v) is 3.00. The van der Waals surface area contributed by atoms with Crippen molar-refractivity contribution in [3.63, 3.8) is 0 Å². The molecule has 2 fully saturated rings. The highest BCUT2D eigenvalue weighted by molar-refractivity contribution is 4.92. The zero-order valence-electron chi connectivity index (χ0n) is 12.0. The van der Waals surface area contributed by atoms with Gasteiger partial charge in [0, 0.05) is 25.7 Å². The average Bonchev–Trinajstić information content (AvgIpc) is 3.17. The van der Waals surface area contributed by atoms with Gasteiger partial charge in [-0.3, -0.25) is 4.90 Å². The smallest absolute Gasteiger partial charge is 0.00967 e. The van der Waals surface area contributed by atoms with Crippen molar-refractivity contribution in [1.82, 2.24) is 10.2 Å². The molecule has 0 aromatic carbocycles. The summed E-state index contributed by atoms with van der Waals surface area (Å²) >= 11 is 0. The average molecular weight is 238 g/mol. The molecule has 0 aromatic heterocycles. The van der Waals surface area contributed by atoms with Crippen LogP contribution in [0.1, 0.15) is 52.4 Å². The first-order chi connectivity index (χ1) is 8.23. The molecule has 100 valence electrons. The second kappa shape index (κ2) is 5.71. The van der Waals surface area contributed by atoms with Crippen molar-refractivity contribution in [2.24, 2.45) is 11.3 Å². The lowest BCUT2D eigenvalue weighted by Crippen LogP contribution is -2.44. The molecule has 0 unspecified atom stereocenters. The highest BCUT2D eigenvalue weighted by atomic mass is 15.2. The first-order valence-corrected chi connectivity index (χ1v) is 7.61. The molecule has 0 radical (unpaired) electrons. The number of hydrogen-bond donors (Lipinski definition) is 1. The third kappa shape index (κ3) is 3.69. The molecule has 2 aliphatic carbocycles. The van der Waals surface area contributed by atoms with Gasteiger partial charge < -0.3 is 5.32 Å². The molecule has 0 amide bonds. The lowest BCUT2D eigenvalue weighted by atomic mass is 9.81. The van der Waals surface area contributed by atoms with Gasteiger partial charge in [-0.25, -0.2) is 0 Å². The minimum absolute atomic E-state index is 0.506. The number of nitrogens with zero attached hydrogens (tertiary/aromatic N) is 1. The van der Waals surface area contributed by atoms with E-state index in [2.05, 4.69) is 31.1 Å². The summed E-state index contributed by atoms with van der Waals surface area (Å²) in [4.78, 5) is 2.82. The Balaban J connectivity index is 1.92. The Morgan fingerprint density at radius 3 is 2.18 bits per heavy atom. The van der Waals surface area contributed by atoms with Crippen LogP contribution in [0.4, 0.5) is 0 Å². The number of rotatable bonds is 9. The summed E-state index contributed by atoms with van der Waals surface area (Å²) in [6, 6.07) is 0.935. The van der Waals surface area contributed by atoms with Crippen molar-refractivity contribution in [1.29, 1.82) is 0 Å². The van der Waals surface area contributed by atoms with E-state index in [4.69, 9.17) is 0 Å².